The Morgan fingerprint density at radius 2 is 1.89 bits per heavy atom. The molecule has 1 N–H and O–H groups in total. The molecule has 1 heterocycles. The molecule has 0 saturated carbocycles. The highest BCUT2D eigenvalue weighted by molar-refractivity contribution is 5.96. The van der Waals surface area contributed by atoms with Crippen molar-refractivity contribution in [2.45, 2.75) is 19.8 Å². The number of carbonyl (C=O) groups excluding carboxylic acids is 1. The topological polar surface area (TPSA) is 84.7 Å². The van der Waals surface area contributed by atoms with E-state index in [-0.39, 0.29) is 11.6 Å². The third-order valence-corrected chi connectivity index (χ3v) is 4.99. The van der Waals surface area contributed by atoms with Crippen LogP contribution < -0.4 is 10.2 Å². The van der Waals surface area contributed by atoms with E-state index >= 15 is 0 Å². The van der Waals surface area contributed by atoms with E-state index in [4.69, 9.17) is 4.74 Å². The Hall–Kier alpha value is -2.93. The molecule has 1 amide bonds. The molecular weight excluding hydrogens is 358 g/mol. The largest absolute Gasteiger partial charge is 0.378 e. The maximum Gasteiger partial charge on any atom is 0.273 e. The summed E-state index contributed by atoms with van der Waals surface area (Å²) in [5.41, 5.74) is 3.14. The van der Waals surface area contributed by atoms with Crippen molar-refractivity contribution in [1.29, 1.82) is 0 Å². The lowest BCUT2D eigenvalue weighted by atomic mass is 10.1. The molecule has 0 spiro atoms. The number of nitro benzene ring substituents is 1. The number of hydrogen-bond acceptors (Lipinski definition) is 5. The first-order valence-electron chi connectivity index (χ1n) is 9.50. The van der Waals surface area contributed by atoms with Crippen molar-refractivity contribution in [1.82, 2.24) is 5.32 Å². The molecule has 0 unspecified atom stereocenters. The maximum atomic E-state index is 12.3. The van der Waals surface area contributed by atoms with Gasteiger partial charge in [0, 0.05) is 42.5 Å². The van der Waals surface area contributed by atoms with Crippen LogP contribution in [0.25, 0.3) is 0 Å². The van der Waals surface area contributed by atoms with Crippen LogP contribution in [0.4, 0.5) is 11.4 Å². The van der Waals surface area contributed by atoms with Gasteiger partial charge in [0.2, 0.25) is 0 Å². The van der Waals surface area contributed by atoms with E-state index in [0.717, 1.165) is 39.1 Å². The second kappa shape index (κ2) is 9.32. The van der Waals surface area contributed by atoms with Crippen molar-refractivity contribution >= 4 is 17.3 Å². The molecule has 0 aromatic heterocycles. The molecule has 148 valence electrons. The number of nitrogens with zero attached hydrogens (tertiary/aromatic N) is 2. The normalized spacial score (nSPS) is 14.0. The van der Waals surface area contributed by atoms with Crippen LogP contribution in [-0.4, -0.2) is 43.7 Å². The van der Waals surface area contributed by atoms with Gasteiger partial charge in [0.25, 0.3) is 11.6 Å². The van der Waals surface area contributed by atoms with Crippen molar-refractivity contribution in [3.05, 3.63) is 69.3 Å². The second-order valence-corrected chi connectivity index (χ2v) is 6.83. The Kier molecular flexibility index (Phi) is 6.60. The summed E-state index contributed by atoms with van der Waals surface area (Å²) in [4.78, 5) is 25.2. The fourth-order valence-corrected chi connectivity index (χ4v) is 3.35. The summed E-state index contributed by atoms with van der Waals surface area (Å²) in [6, 6.07) is 13.1. The number of amides is 1. The zero-order valence-corrected chi connectivity index (χ0v) is 16.0. The summed E-state index contributed by atoms with van der Waals surface area (Å²) >= 11 is 0. The number of benzene rings is 2. The van der Waals surface area contributed by atoms with Gasteiger partial charge in [-0.25, -0.2) is 0 Å². The Bertz CT molecular complexity index is 830. The molecule has 1 aliphatic heterocycles. The summed E-state index contributed by atoms with van der Waals surface area (Å²) < 4.78 is 5.38. The summed E-state index contributed by atoms with van der Waals surface area (Å²) in [6.07, 6.45) is 1.66. The van der Waals surface area contributed by atoms with Crippen LogP contribution in [0.1, 0.15) is 27.9 Å². The molecule has 2 aromatic rings. The molecule has 7 nitrogen and oxygen atoms in total. The van der Waals surface area contributed by atoms with Gasteiger partial charge in [-0.15, -0.1) is 0 Å². The SMILES string of the molecule is Cc1c(C(=O)NCCCc2ccc(N3CCOCC3)cc2)cccc1[N+](=O)[O-]. The van der Waals surface area contributed by atoms with Crippen molar-refractivity contribution in [3.63, 3.8) is 0 Å². The number of nitrogens with one attached hydrogen (secondary N) is 1. The average molecular weight is 383 g/mol. The zero-order valence-electron chi connectivity index (χ0n) is 16.0. The number of rotatable bonds is 7. The number of hydrogen-bond donors (Lipinski definition) is 1. The third kappa shape index (κ3) is 4.86. The summed E-state index contributed by atoms with van der Waals surface area (Å²) in [6.45, 7) is 5.50. The van der Waals surface area contributed by atoms with Gasteiger partial charge < -0.3 is 15.0 Å². The molecular formula is C21H25N3O4. The molecule has 0 radical (unpaired) electrons. The Morgan fingerprint density at radius 3 is 2.57 bits per heavy atom. The standard InChI is InChI=1S/C21H25N3O4/c1-16-19(5-2-6-20(16)24(26)27)21(25)22-11-3-4-17-7-9-18(10-8-17)23-12-14-28-15-13-23/h2,5-10H,3-4,11-15H2,1H3,(H,22,25). The summed E-state index contributed by atoms with van der Waals surface area (Å²) in [7, 11) is 0. The van der Waals surface area contributed by atoms with E-state index in [2.05, 4.69) is 34.5 Å². The van der Waals surface area contributed by atoms with Gasteiger partial charge in [0.1, 0.15) is 0 Å². The summed E-state index contributed by atoms with van der Waals surface area (Å²) in [5.74, 6) is -0.274. The molecule has 1 saturated heterocycles. The van der Waals surface area contributed by atoms with Crippen molar-refractivity contribution in [3.8, 4) is 0 Å². The summed E-state index contributed by atoms with van der Waals surface area (Å²) in [5, 5.41) is 13.9. The van der Waals surface area contributed by atoms with Crippen molar-refractivity contribution < 1.29 is 14.5 Å². The van der Waals surface area contributed by atoms with Gasteiger partial charge in [-0.1, -0.05) is 18.2 Å². The average Bonchev–Trinajstić information content (AvgIpc) is 2.72. The first-order valence-corrected chi connectivity index (χ1v) is 9.50. The minimum atomic E-state index is -0.466. The van der Waals surface area contributed by atoms with Crippen LogP contribution in [-0.2, 0) is 11.2 Å². The van der Waals surface area contributed by atoms with Gasteiger partial charge in [-0.05, 0) is 43.5 Å². The van der Waals surface area contributed by atoms with E-state index in [1.54, 1.807) is 13.0 Å². The molecule has 2 aromatic carbocycles. The lowest BCUT2D eigenvalue weighted by Crippen LogP contribution is -2.36. The number of morpholine rings is 1. The molecule has 0 bridgehead atoms. The van der Waals surface area contributed by atoms with Gasteiger partial charge in [0.15, 0.2) is 0 Å². The van der Waals surface area contributed by atoms with Crippen LogP contribution in [0.3, 0.4) is 0 Å². The fraction of sp³-hybridized carbons (Fsp3) is 0.381. The molecule has 1 aliphatic rings. The zero-order chi connectivity index (χ0) is 19.9. The molecule has 0 atom stereocenters. The van der Waals surface area contributed by atoms with Crippen LogP contribution >= 0.6 is 0 Å². The number of nitro groups is 1. The Labute approximate surface area is 164 Å². The first-order chi connectivity index (χ1) is 13.6. The molecule has 1 fully saturated rings. The second-order valence-electron chi connectivity index (χ2n) is 6.83. The number of aryl methyl sites for hydroxylation is 1. The lowest BCUT2D eigenvalue weighted by molar-refractivity contribution is -0.385. The van der Waals surface area contributed by atoms with Gasteiger partial charge in [0.05, 0.1) is 18.1 Å². The lowest BCUT2D eigenvalue weighted by Gasteiger charge is -2.28. The fourth-order valence-electron chi connectivity index (χ4n) is 3.35. The maximum absolute atomic E-state index is 12.3. The molecule has 3 rings (SSSR count). The van der Waals surface area contributed by atoms with Gasteiger partial charge >= 0.3 is 0 Å². The minimum Gasteiger partial charge on any atom is -0.378 e. The molecule has 7 heteroatoms. The highest BCUT2D eigenvalue weighted by Crippen LogP contribution is 2.21. The predicted octanol–water partition coefficient (Wildman–Crippen LogP) is 3.10. The van der Waals surface area contributed by atoms with Crippen LogP contribution in [0.2, 0.25) is 0 Å². The van der Waals surface area contributed by atoms with Crippen LogP contribution in [0.15, 0.2) is 42.5 Å². The van der Waals surface area contributed by atoms with Gasteiger partial charge in [-0.2, -0.15) is 0 Å². The number of carbonyl (C=O) groups is 1. The van der Waals surface area contributed by atoms with E-state index in [1.807, 2.05) is 0 Å². The first kappa shape index (κ1) is 19.8. The van der Waals surface area contributed by atoms with E-state index in [9.17, 15) is 14.9 Å². The van der Waals surface area contributed by atoms with E-state index in [1.165, 1.54) is 23.4 Å². The van der Waals surface area contributed by atoms with Crippen LogP contribution in [0, 0.1) is 17.0 Å². The monoisotopic (exact) mass is 383 g/mol. The number of anilines is 1. The Morgan fingerprint density at radius 1 is 1.18 bits per heavy atom. The highest BCUT2D eigenvalue weighted by atomic mass is 16.6. The molecule has 28 heavy (non-hydrogen) atoms. The Balaban J connectivity index is 1.47. The minimum absolute atomic E-state index is 0.0343. The highest BCUT2D eigenvalue weighted by Gasteiger charge is 2.17. The van der Waals surface area contributed by atoms with E-state index < -0.39 is 4.92 Å². The van der Waals surface area contributed by atoms with Gasteiger partial charge in [-0.3, -0.25) is 14.9 Å². The quantitative estimate of drug-likeness (QED) is 0.451. The smallest absolute Gasteiger partial charge is 0.273 e. The van der Waals surface area contributed by atoms with Crippen molar-refractivity contribution in [2.24, 2.45) is 0 Å². The molecule has 0 aliphatic carbocycles. The van der Waals surface area contributed by atoms with Crippen LogP contribution in [0.5, 0.6) is 0 Å². The van der Waals surface area contributed by atoms with Crippen molar-refractivity contribution in [2.75, 3.05) is 37.7 Å². The number of ether oxygens (including phenoxy) is 1. The van der Waals surface area contributed by atoms with E-state index in [0.29, 0.717) is 17.7 Å². The third-order valence-electron chi connectivity index (χ3n) is 4.99. The predicted molar refractivity (Wildman–Crippen MR) is 108 cm³/mol.